The molecule has 1 nitrogen and oxygen atoms in total. The largest absolute Gasteiger partial charge is 0.310 e. The predicted molar refractivity (Wildman–Crippen MR) is 73.7 cm³/mol. The van der Waals surface area contributed by atoms with Crippen LogP contribution in [0.2, 0.25) is 0 Å². The Morgan fingerprint density at radius 2 is 1.70 bits per heavy atom. The quantitative estimate of drug-likeness (QED) is 0.881. The average molecular weight is 279 g/mol. The first-order valence-corrected chi connectivity index (χ1v) is 6.44. The molecule has 20 heavy (non-hydrogen) atoms. The molecule has 1 N–H and O–H groups in total. The summed E-state index contributed by atoms with van der Waals surface area (Å²) in [6.07, 6.45) is 0. The van der Waals surface area contributed by atoms with E-state index in [1.54, 1.807) is 12.1 Å². The second-order valence-electron chi connectivity index (χ2n) is 4.97. The molecule has 0 aliphatic heterocycles. The number of hydrogen-bond donors (Lipinski definition) is 1. The molecule has 0 amide bonds. The van der Waals surface area contributed by atoms with Crippen molar-refractivity contribution in [1.82, 2.24) is 5.32 Å². The molecule has 0 atom stereocenters. The van der Waals surface area contributed by atoms with E-state index in [0.29, 0.717) is 17.7 Å². The molecule has 0 unspecified atom stereocenters. The zero-order chi connectivity index (χ0) is 14.7. The Morgan fingerprint density at radius 3 is 2.30 bits per heavy atom. The van der Waals surface area contributed by atoms with Gasteiger partial charge < -0.3 is 5.32 Å². The average Bonchev–Trinajstić information content (AvgIpc) is 2.37. The van der Waals surface area contributed by atoms with E-state index >= 15 is 0 Å². The van der Waals surface area contributed by atoms with Crippen LogP contribution in [-0.4, -0.2) is 6.04 Å². The Balaban J connectivity index is 2.28. The minimum atomic E-state index is -0.697. The highest BCUT2D eigenvalue weighted by molar-refractivity contribution is 5.64. The van der Waals surface area contributed by atoms with Gasteiger partial charge in [-0.15, -0.1) is 0 Å². The highest BCUT2D eigenvalue weighted by atomic mass is 19.1. The summed E-state index contributed by atoms with van der Waals surface area (Å²) in [5, 5.41) is 3.12. The fraction of sp³-hybridized carbons (Fsp3) is 0.250. The molecule has 2 rings (SSSR count). The maximum atomic E-state index is 14.0. The third-order valence-electron chi connectivity index (χ3n) is 3.00. The molecular weight excluding hydrogens is 263 g/mol. The lowest BCUT2D eigenvalue weighted by Crippen LogP contribution is -2.22. The van der Waals surface area contributed by atoms with Gasteiger partial charge in [-0.3, -0.25) is 0 Å². The highest BCUT2D eigenvalue weighted by Gasteiger charge is 2.10. The van der Waals surface area contributed by atoms with Gasteiger partial charge in [0, 0.05) is 29.8 Å². The molecule has 0 fully saturated rings. The Hall–Kier alpha value is -1.81. The topological polar surface area (TPSA) is 12.0 Å². The SMILES string of the molecule is CC(C)NCc1ccc(-c2ccc(F)cc2F)cc1F. The lowest BCUT2D eigenvalue weighted by atomic mass is 10.0. The molecule has 0 saturated heterocycles. The third kappa shape index (κ3) is 3.39. The molecule has 0 bridgehead atoms. The van der Waals surface area contributed by atoms with Crippen molar-refractivity contribution in [2.45, 2.75) is 26.4 Å². The van der Waals surface area contributed by atoms with Gasteiger partial charge in [0.15, 0.2) is 0 Å². The molecule has 0 aliphatic rings. The van der Waals surface area contributed by atoms with Crippen molar-refractivity contribution >= 4 is 0 Å². The van der Waals surface area contributed by atoms with Crippen molar-refractivity contribution < 1.29 is 13.2 Å². The summed E-state index contributed by atoms with van der Waals surface area (Å²) in [4.78, 5) is 0. The van der Waals surface area contributed by atoms with Crippen LogP contribution in [0.5, 0.6) is 0 Å². The summed E-state index contributed by atoms with van der Waals surface area (Å²) in [6, 6.07) is 8.04. The van der Waals surface area contributed by atoms with Gasteiger partial charge in [0.1, 0.15) is 17.5 Å². The van der Waals surface area contributed by atoms with Gasteiger partial charge >= 0.3 is 0 Å². The molecular formula is C16H16F3N. The Labute approximate surface area is 116 Å². The van der Waals surface area contributed by atoms with Gasteiger partial charge in [-0.1, -0.05) is 26.0 Å². The van der Waals surface area contributed by atoms with E-state index in [-0.39, 0.29) is 11.6 Å². The van der Waals surface area contributed by atoms with Crippen LogP contribution in [0.15, 0.2) is 36.4 Å². The van der Waals surface area contributed by atoms with E-state index in [0.717, 1.165) is 12.1 Å². The summed E-state index contributed by atoms with van der Waals surface area (Å²) in [6.45, 7) is 4.36. The van der Waals surface area contributed by atoms with Gasteiger partial charge in [-0.05, 0) is 23.8 Å². The fourth-order valence-electron chi connectivity index (χ4n) is 1.90. The van der Waals surface area contributed by atoms with Crippen molar-refractivity contribution in [2.24, 2.45) is 0 Å². The van der Waals surface area contributed by atoms with Crippen molar-refractivity contribution in [1.29, 1.82) is 0 Å². The van der Waals surface area contributed by atoms with Crippen LogP contribution in [0.4, 0.5) is 13.2 Å². The molecule has 2 aromatic rings. The molecule has 106 valence electrons. The summed E-state index contributed by atoms with van der Waals surface area (Å²) in [5.74, 6) is -1.75. The molecule has 2 aromatic carbocycles. The first-order chi connectivity index (χ1) is 9.47. The van der Waals surface area contributed by atoms with E-state index in [9.17, 15) is 13.2 Å². The lowest BCUT2D eigenvalue weighted by Gasteiger charge is -2.10. The Bertz CT molecular complexity index is 609. The van der Waals surface area contributed by atoms with Crippen molar-refractivity contribution in [2.75, 3.05) is 0 Å². The number of rotatable bonds is 4. The molecule has 0 aliphatic carbocycles. The lowest BCUT2D eigenvalue weighted by molar-refractivity contribution is 0.553. The number of benzene rings is 2. The first-order valence-electron chi connectivity index (χ1n) is 6.44. The minimum absolute atomic E-state index is 0.189. The van der Waals surface area contributed by atoms with Gasteiger partial charge in [0.05, 0.1) is 0 Å². The maximum Gasteiger partial charge on any atom is 0.133 e. The van der Waals surface area contributed by atoms with Crippen LogP contribution < -0.4 is 5.32 Å². The maximum absolute atomic E-state index is 14.0. The molecule has 0 saturated carbocycles. The zero-order valence-electron chi connectivity index (χ0n) is 11.4. The monoisotopic (exact) mass is 279 g/mol. The van der Waals surface area contributed by atoms with Crippen LogP contribution in [0.25, 0.3) is 11.1 Å². The second kappa shape index (κ2) is 6.09. The van der Waals surface area contributed by atoms with Crippen molar-refractivity contribution in [3.05, 3.63) is 59.4 Å². The summed E-state index contributed by atoms with van der Waals surface area (Å²) >= 11 is 0. The van der Waals surface area contributed by atoms with Crippen LogP contribution in [0, 0.1) is 17.5 Å². The fourth-order valence-corrected chi connectivity index (χ4v) is 1.90. The van der Waals surface area contributed by atoms with Crippen molar-refractivity contribution in [3.8, 4) is 11.1 Å². The van der Waals surface area contributed by atoms with Gasteiger partial charge in [-0.2, -0.15) is 0 Å². The standard InChI is InChI=1S/C16H16F3N/c1-10(2)20-9-12-4-3-11(7-15(12)18)14-6-5-13(17)8-16(14)19/h3-8,10,20H,9H2,1-2H3. The van der Waals surface area contributed by atoms with E-state index in [4.69, 9.17) is 0 Å². The van der Waals surface area contributed by atoms with Crippen LogP contribution >= 0.6 is 0 Å². The Kier molecular flexibility index (Phi) is 4.45. The highest BCUT2D eigenvalue weighted by Crippen LogP contribution is 2.25. The smallest absolute Gasteiger partial charge is 0.133 e. The number of nitrogens with one attached hydrogen (secondary N) is 1. The second-order valence-corrected chi connectivity index (χ2v) is 4.97. The minimum Gasteiger partial charge on any atom is -0.310 e. The molecule has 4 heteroatoms. The normalized spacial score (nSPS) is 11.1. The van der Waals surface area contributed by atoms with E-state index in [1.165, 1.54) is 12.1 Å². The number of halogens is 3. The third-order valence-corrected chi connectivity index (χ3v) is 3.00. The van der Waals surface area contributed by atoms with Crippen LogP contribution in [-0.2, 0) is 6.54 Å². The van der Waals surface area contributed by atoms with E-state index in [1.807, 2.05) is 13.8 Å². The summed E-state index contributed by atoms with van der Waals surface area (Å²) in [5.41, 5.74) is 1.10. The molecule has 0 radical (unpaired) electrons. The Morgan fingerprint density at radius 1 is 0.950 bits per heavy atom. The van der Waals surface area contributed by atoms with Crippen LogP contribution in [0.1, 0.15) is 19.4 Å². The first kappa shape index (κ1) is 14.6. The molecule has 0 spiro atoms. The molecule has 0 aromatic heterocycles. The van der Waals surface area contributed by atoms with Crippen LogP contribution in [0.3, 0.4) is 0 Å². The van der Waals surface area contributed by atoms with E-state index in [2.05, 4.69) is 5.32 Å². The van der Waals surface area contributed by atoms with Crippen molar-refractivity contribution in [3.63, 3.8) is 0 Å². The summed E-state index contributed by atoms with van der Waals surface area (Å²) < 4.78 is 40.5. The molecule has 0 heterocycles. The van der Waals surface area contributed by atoms with Gasteiger partial charge in [0.2, 0.25) is 0 Å². The van der Waals surface area contributed by atoms with Gasteiger partial charge in [-0.25, -0.2) is 13.2 Å². The predicted octanol–water partition coefficient (Wildman–Crippen LogP) is 4.27. The van der Waals surface area contributed by atoms with Gasteiger partial charge in [0.25, 0.3) is 0 Å². The summed E-state index contributed by atoms with van der Waals surface area (Å²) in [7, 11) is 0. The zero-order valence-corrected chi connectivity index (χ0v) is 11.4. The number of hydrogen-bond acceptors (Lipinski definition) is 1. The van der Waals surface area contributed by atoms with E-state index < -0.39 is 17.5 Å².